The number of aryl methyl sites for hydroxylation is 1. The van der Waals surface area contributed by atoms with Crippen molar-refractivity contribution in [3.05, 3.63) is 36.2 Å². The molecule has 2 saturated heterocycles. The summed E-state index contributed by atoms with van der Waals surface area (Å²) in [7, 11) is 0. The van der Waals surface area contributed by atoms with E-state index in [1.165, 1.54) is 0 Å². The lowest BCUT2D eigenvalue weighted by Gasteiger charge is -2.32. The first-order valence-corrected chi connectivity index (χ1v) is 9.85. The number of hydrogen-bond donors (Lipinski definition) is 1. The summed E-state index contributed by atoms with van der Waals surface area (Å²) in [5, 5.41) is 3.63. The van der Waals surface area contributed by atoms with Crippen LogP contribution in [0, 0.1) is 0 Å². The van der Waals surface area contributed by atoms with Crippen molar-refractivity contribution >= 4 is 5.95 Å². The summed E-state index contributed by atoms with van der Waals surface area (Å²) >= 11 is 0. The Balaban J connectivity index is 1.38. The van der Waals surface area contributed by atoms with Gasteiger partial charge in [-0.2, -0.15) is 0 Å². The van der Waals surface area contributed by atoms with Crippen molar-refractivity contribution in [1.29, 1.82) is 0 Å². The van der Waals surface area contributed by atoms with Gasteiger partial charge in [0.25, 0.3) is 0 Å². The predicted octanol–water partition coefficient (Wildman–Crippen LogP) is 1.54. The average Bonchev–Trinajstić information content (AvgIpc) is 3.22. The maximum Gasteiger partial charge on any atom is 0.225 e. The first-order chi connectivity index (χ1) is 13.3. The van der Waals surface area contributed by atoms with E-state index in [2.05, 4.69) is 36.7 Å². The van der Waals surface area contributed by atoms with Crippen molar-refractivity contribution < 1.29 is 9.47 Å². The number of rotatable bonds is 6. The van der Waals surface area contributed by atoms with Gasteiger partial charge in [0.1, 0.15) is 11.9 Å². The zero-order valence-electron chi connectivity index (χ0n) is 15.9. The normalized spacial score (nSPS) is 23.5. The van der Waals surface area contributed by atoms with Crippen molar-refractivity contribution in [2.45, 2.75) is 45.0 Å². The van der Waals surface area contributed by atoms with Gasteiger partial charge in [0.05, 0.1) is 13.2 Å². The molecule has 2 aliphatic heterocycles. The van der Waals surface area contributed by atoms with E-state index in [1.807, 2.05) is 24.8 Å². The van der Waals surface area contributed by atoms with Gasteiger partial charge in [-0.05, 0) is 19.8 Å². The lowest BCUT2D eigenvalue weighted by Crippen LogP contribution is -2.40. The van der Waals surface area contributed by atoms with Crippen molar-refractivity contribution in [3.8, 4) is 0 Å². The summed E-state index contributed by atoms with van der Waals surface area (Å²) < 4.78 is 13.6. The molecule has 2 aromatic heterocycles. The molecule has 0 amide bonds. The second-order valence-electron chi connectivity index (χ2n) is 6.98. The molecule has 8 nitrogen and oxygen atoms in total. The molecule has 146 valence electrons. The van der Waals surface area contributed by atoms with E-state index >= 15 is 0 Å². The summed E-state index contributed by atoms with van der Waals surface area (Å²) in [4.78, 5) is 15.8. The fraction of sp³-hybridized carbons (Fsp3) is 0.632. The van der Waals surface area contributed by atoms with Crippen molar-refractivity contribution in [3.63, 3.8) is 0 Å². The fourth-order valence-electron chi connectivity index (χ4n) is 3.70. The van der Waals surface area contributed by atoms with Gasteiger partial charge in [0.15, 0.2) is 0 Å². The molecule has 2 aromatic rings. The van der Waals surface area contributed by atoms with Crippen LogP contribution in [0.25, 0.3) is 0 Å². The van der Waals surface area contributed by atoms with E-state index in [0.29, 0.717) is 0 Å². The third kappa shape index (κ3) is 4.28. The summed E-state index contributed by atoms with van der Waals surface area (Å²) in [5.41, 5.74) is 1.08. The van der Waals surface area contributed by atoms with E-state index in [9.17, 15) is 0 Å². The van der Waals surface area contributed by atoms with Crippen LogP contribution in [0.5, 0.6) is 0 Å². The molecule has 4 heterocycles. The van der Waals surface area contributed by atoms with Gasteiger partial charge < -0.3 is 24.3 Å². The smallest absolute Gasteiger partial charge is 0.225 e. The van der Waals surface area contributed by atoms with Gasteiger partial charge in [-0.3, -0.25) is 0 Å². The minimum Gasteiger partial charge on any atom is -0.378 e. The topological polar surface area (TPSA) is 77.3 Å². The molecule has 0 unspecified atom stereocenters. The Morgan fingerprint density at radius 2 is 1.96 bits per heavy atom. The van der Waals surface area contributed by atoms with Crippen LogP contribution in [-0.2, 0) is 22.6 Å². The van der Waals surface area contributed by atoms with E-state index in [1.54, 1.807) is 0 Å². The first-order valence-electron chi connectivity index (χ1n) is 9.85. The van der Waals surface area contributed by atoms with E-state index in [0.717, 1.165) is 76.2 Å². The minimum atomic E-state index is -0.0118. The highest BCUT2D eigenvalue weighted by atomic mass is 16.5. The van der Waals surface area contributed by atoms with Crippen LogP contribution >= 0.6 is 0 Å². The highest BCUT2D eigenvalue weighted by Crippen LogP contribution is 2.27. The first kappa shape index (κ1) is 18.3. The monoisotopic (exact) mass is 372 g/mol. The third-order valence-corrected chi connectivity index (χ3v) is 5.22. The quantitative estimate of drug-likeness (QED) is 0.824. The van der Waals surface area contributed by atoms with E-state index in [-0.39, 0.29) is 12.1 Å². The zero-order valence-corrected chi connectivity index (χ0v) is 15.9. The maximum absolute atomic E-state index is 6.07. The Bertz CT molecular complexity index is 713. The van der Waals surface area contributed by atoms with Crippen LogP contribution in [0.3, 0.4) is 0 Å². The number of imidazole rings is 1. The molecule has 0 aliphatic carbocycles. The molecule has 4 rings (SSSR count). The Labute approximate surface area is 159 Å². The minimum absolute atomic E-state index is 0.0118. The van der Waals surface area contributed by atoms with Crippen LogP contribution in [-0.4, -0.2) is 58.5 Å². The molecule has 2 aliphatic rings. The molecule has 0 saturated carbocycles. The fourth-order valence-corrected chi connectivity index (χ4v) is 3.70. The molecule has 0 aromatic carbocycles. The number of nitrogens with zero attached hydrogens (tertiary/aromatic N) is 5. The molecule has 27 heavy (non-hydrogen) atoms. The summed E-state index contributed by atoms with van der Waals surface area (Å²) in [5.74, 6) is 1.79. The average molecular weight is 372 g/mol. The number of nitrogens with one attached hydrogen (secondary N) is 1. The molecule has 1 N–H and O–H groups in total. The largest absolute Gasteiger partial charge is 0.378 e. The second-order valence-corrected chi connectivity index (χ2v) is 6.98. The predicted molar refractivity (Wildman–Crippen MR) is 102 cm³/mol. The molecule has 2 fully saturated rings. The molecule has 0 spiro atoms. The number of anilines is 1. The number of ether oxygens (including phenoxy) is 2. The van der Waals surface area contributed by atoms with Gasteiger partial charge in [0, 0.05) is 69.2 Å². The molecule has 0 bridgehead atoms. The highest BCUT2D eigenvalue weighted by molar-refractivity contribution is 5.30. The Morgan fingerprint density at radius 3 is 2.74 bits per heavy atom. The number of aromatic nitrogens is 4. The standard InChI is InChI=1S/C19H28N6O2/c1-2-24-6-5-20-18(24)17-16(4-3-9-27-17)21-12-15-13-22-19(23-14-15)25-7-10-26-11-8-25/h5-6,13-14,16-17,21H,2-4,7-12H2,1H3/t16-,17-/m0/s1. The molecule has 8 heteroatoms. The molecular formula is C19H28N6O2. The Morgan fingerprint density at radius 1 is 1.15 bits per heavy atom. The van der Waals surface area contributed by atoms with Crippen LogP contribution < -0.4 is 10.2 Å². The second kappa shape index (κ2) is 8.77. The zero-order chi connectivity index (χ0) is 18.5. The SMILES string of the molecule is CCn1ccnc1[C@H]1OCCC[C@@H]1NCc1cnc(N2CCOCC2)nc1. The van der Waals surface area contributed by atoms with Gasteiger partial charge in [-0.15, -0.1) is 0 Å². The van der Waals surface area contributed by atoms with Crippen molar-refractivity contribution in [2.75, 3.05) is 37.8 Å². The van der Waals surface area contributed by atoms with Gasteiger partial charge in [-0.25, -0.2) is 15.0 Å². The maximum atomic E-state index is 6.07. The lowest BCUT2D eigenvalue weighted by atomic mass is 10.0. The van der Waals surface area contributed by atoms with Crippen molar-refractivity contribution in [2.24, 2.45) is 0 Å². The van der Waals surface area contributed by atoms with E-state index in [4.69, 9.17) is 9.47 Å². The molecule has 0 radical (unpaired) electrons. The Kier molecular flexibility index (Phi) is 5.96. The highest BCUT2D eigenvalue weighted by Gasteiger charge is 2.30. The van der Waals surface area contributed by atoms with Gasteiger partial charge in [-0.1, -0.05) is 0 Å². The molecule has 2 atom stereocenters. The third-order valence-electron chi connectivity index (χ3n) is 5.22. The van der Waals surface area contributed by atoms with Gasteiger partial charge >= 0.3 is 0 Å². The summed E-state index contributed by atoms with van der Waals surface area (Å²) in [6.45, 7) is 7.72. The van der Waals surface area contributed by atoms with Crippen LogP contribution in [0.4, 0.5) is 5.95 Å². The van der Waals surface area contributed by atoms with Crippen LogP contribution in [0.1, 0.15) is 37.3 Å². The number of hydrogen-bond acceptors (Lipinski definition) is 7. The van der Waals surface area contributed by atoms with Crippen LogP contribution in [0.2, 0.25) is 0 Å². The van der Waals surface area contributed by atoms with Gasteiger partial charge in [0.2, 0.25) is 5.95 Å². The summed E-state index contributed by atoms with van der Waals surface area (Å²) in [6, 6.07) is 0.241. The summed E-state index contributed by atoms with van der Waals surface area (Å²) in [6.07, 6.45) is 9.82. The van der Waals surface area contributed by atoms with Crippen molar-refractivity contribution in [1.82, 2.24) is 24.8 Å². The lowest BCUT2D eigenvalue weighted by molar-refractivity contribution is -0.0182. The Hall–Kier alpha value is -2.03. The van der Waals surface area contributed by atoms with E-state index < -0.39 is 0 Å². The van der Waals surface area contributed by atoms with Crippen LogP contribution in [0.15, 0.2) is 24.8 Å². The number of morpholine rings is 1. The molecular weight excluding hydrogens is 344 g/mol.